The number of para-hydroxylation sites is 1. The van der Waals surface area contributed by atoms with Gasteiger partial charge in [-0.2, -0.15) is 0 Å². The van der Waals surface area contributed by atoms with Gasteiger partial charge in [-0.1, -0.05) is 18.2 Å². The van der Waals surface area contributed by atoms with Gasteiger partial charge < -0.3 is 15.5 Å². The van der Waals surface area contributed by atoms with Crippen molar-refractivity contribution in [2.75, 3.05) is 43.1 Å². The molecule has 2 atom stereocenters. The lowest BCUT2D eigenvalue weighted by Gasteiger charge is -2.21. The third-order valence-electron chi connectivity index (χ3n) is 4.76. The number of rotatable bonds is 4. The molecule has 0 amide bonds. The molecule has 2 heterocycles. The molecule has 0 radical (unpaired) electrons. The lowest BCUT2D eigenvalue weighted by Crippen LogP contribution is -2.46. The summed E-state index contributed by atoms with van der Waals surface area (Å²) in [4.78, 5) is 6.64. The predicted octanol–water partition coefficient (Wildman–Crippen LogP) is 0.865. The molecule has 0 aromatic heterocycles. The number of guanidine groups is 1. The minimum atomic E-state index is -2.82. The number of benzene rings is 1. The van der Waals surface area contributed by atoms with Gasteiger partial charge in [0.1, 0.15) is 0 Å². The minimum absolute atomic E-state index is 0.193. The average molecular weight is 350 g/mol. The number of nitrogens with one attached hydrogen (secondary N) is 2. The van der Waals surface area contributed by atoms with Crippen molar-refractivity contribution in [3.8, 4) is 0 Å². The van der Waals surface area contributed by atoms with Crippen LogP contribution < -0.4 is 15.5 Å². The van der Waals surface area contributed by atoms with Crippen molar-refractivity contribution in [2.24, 2.45) is 10.9 Å². The van der Waals surface area contributed by atoms with E-state index in [9.17, 15) is 8.42 Å². The SMILES string of the molecule is CN=C(NCC1CCS(=O)(=O)C1)NC1CCN(c2ccccc2)C1. The summed E-state index contributed by atoms with van der Waals surface area (Å²) in [6.45, 7) is 2.64. The maximum atomic E-state index is 11.5. The van der Waals surface area contributed by atoms with Crippen LogP contribution in [-0.2, 0) is 9.84 Å². The average Bonchev–Trinajstić information content (AvgIpc) is 3.18. The molecule has 3 rings (SSSR count). The number of hydrogen-bond acceptors (Lipinski definition) is 4. The van der Waals surface area contributed by atoms with Gasteiger partial charge in [-0.15, -0.1) is 0 Å². The summed E-state index contributed by atoms with van der Waals surface area (Å²) in [5, 5.41) is 6.74. The van der Waals surface area contributed by atoms with Gasteiger partial charge in [-0.05, 0) is 30.9 Å². The van der Waals surface area contributed by atoms with Crippen molar-refractivity contribution in [1.29, 1.82) is 0 Å². The fraction of sp³-hybridized carbons (Fsp3) is 0.588. The fourth-order valence-electron chi connectivity index (χ4n) is 3.41. The summed E-state index contributed by atoms with van der Waals surface area (Å²) in [7, 11) is -1.06. The monoisotopic (exact) mass is 350 g/mol. The van der Waals surface area contributed by atoms with Gasteiger partial charge in [-0.3, -0.25) is 4.99 Å². The van der Waals surface area contributed by atoms with Gasteiger partial charge in [0.2, 0.25) is 0 Å². The van der Waals surface area contributed by atoms with Gasteiger partial charge in [0, 0.05) is 38.4 Å². The largest absolute Gasteiger partial charge is 0.369 e. The molecule has 1 aromatic rings. The first-order valence-corrected chi connectivity index (χ1v) is 10.4. The van der Waals surface area contributed by atoms with Crippen LogP contribution in [0.5, 0.6) is 0 Å². The fourth-order valence-corrected chi connectivity index (χ4v) is 5.28. The van der Waals surface area contributed by atoms with Gasteiger partial charge in [0.05, 0.1) is 11.5 Å². The van der Waals surface area contributed by atoms with Gasteiger partial charge in [0.25, 0.3) is 0 Å². The van der Waals surface area contributed by atoms with Crippen LogP contribution in [0.2, 0.25) is 0 Å². The lowest BCUT2D eigenvalue weighted by atomic mass is 10.1. The van der Waals surface area contributed by atoms with Gasteiger partial charge >= 0.3 is 0 Å². The topological polar surface area (TPSA) is 73.8 Å². The van der Waals surface area contributed by atoms with Crippen LogP contribution in [0, 0.1) is 5.92 Å². The number of anilines is 1. The van der Waals surface area contributed by atoms with Crippen LogP contribution in [0.4, 0.5) is 5.69 Å². The Balaban J connectivity index is 1.46. The Labute approximate surface area is 144 Å². The first-order valence-electron chi connectivity index (χ1n) is 8.53. The van der Waals surface area contributed by atoms with E-state index in [1.165, 1.54) is 5.69 Å². The molecule has 0 saturated carbocycles. The third-order valence-corrected chi connectivity index (χ3v) is 6.60. The van der Waals surface area contributed by atoms with Gasteiger partial charge in [0.15, 0.2) is 15.8 Å². The van der Waals surface area contributed by atoms with Crippen LogP contribution in [-0.4, -0.2) is 58.6 Å². The number of nitrogens with zero attached hydrogens (tertiary/aromatic N) is 2. The molecule has 2 fully saturated rings. The van der Waals surface area contributed by atoms with Crippen molar-refractivity contribution < 1.29 is 8.42 Å². The summed E-state index contributed by atoms with van der Waals surface area (Å²) in [5.74, 6) is 1.57. The minimum Gasteiger partial charge on any atom is -0.369 e. The molecule has 2 N–H and O–H groups in total. The maximum Gasteiger partial charge on any atom is 0.191 e. The number of aliphatic imine (C=N–C) groups is 1. The van der Waals surface area contributed by atoms with E-state index in [2.05, 4.69) is 44.8 Å². The van der Waals surface area contributed by atoms with Gasteiger partial charge in [-0.25, -0.2) is 8.42 Å². The molecule has 6 nitrogen and oxygen atoms in total. The van der Waals surface area contributed by atoms with E-state index in [4.69, 9.17) is 0 Å². The lowest BCUT2D eigenvalue weighted by molar-refractivity contribution is 0.559. The van der Waals surface area contributed by atoms with Crippen LogP contribution in [0.3, 0.4) is 0 Å². The van der Waals surface area contributed by atoms with E-state index in [1.54, 1.807) is 7.05 Å². The van der Waals surface area contributed by atoms with E-state index >= 15 is 0 Å². The van der Waals surface area contributed by atoms with Crippen molar-refractivity contribution in [3.05, 3.63) is 30.3 Å². The molecule has 132 valence electrons. The first kappa shape index (κ1) is 17.1. The third kappa shape index (κ3) is 4.41. The zero-order valence-electron chi connectivity index (χ0n) is 14.1. The van der Waals surface area contributed by atoms with E-state index < -0.39 is 9.84 Å². The normalized spacial score (nSPS) is 26.5. The molecular formula is C17H26N4O2S. The molecule has 1 aromatic carbocycles. The highest BCUT2D eigenvalue weighted by Gasteiger charge is 2.28. The molecule has 0 bridgehead atoms. The van der Waals surface area contributed by atoms with Crippen molar-refractivity contribution in [1.82, 2.24) is 10.6 Å². The molecule has 0 aliphatic carbocycles. The second-order valence-corrected chi connectivity index (χ2v) is 8.86. The summed E-state index contributed by atoms with van der Waals surface area (Å²) >= 11 is 0. The highest BCUT2D eigenvalue weighted by molar-refractivity contribution is 7.91. The predicted molar refractivity (Wildman–Crippen MR) is 98.3 cm³/mol. The Morgan fingerprint density at radius 2 is 2.08 bits per heavy atom. The summed E-state index contributed by atoms with van der Waals surface area (Å²) in [5.41, 5.74) is 1.25. The Kier molecular flexibility index (Phi) is 5.28. The Morgan fingerprint density at radius 1 is 1.29 bits per heavy atom. The second kappa shape index (κ2) is 7.42. The van der Waals surface area contributed by atoms with Crippen molar-refractivity contribution in [2.45, 2.75) is 18.9 Å². The summed E-state index contributed by atoms with van der Waals surface area (Å²) in [6, 6.07) is 10.8. The van der Waals surface area contributed by atoms with E-state index in [1.807, 2.05) is 6.07 Å². The Morgan fingerprint density at radius 3 is 2.75 bits per heavy atom. The van der Waals surface area contributed by atoms with Crippen molar-refractivity contribution in [3.63, 3.8) is 0 Å². The van der Waals surface area contributed by atoms with Crippen molar-refractivity contribution >= 4 is 21.5 Å². The highest BCUT2D eigenvalue weighted by atomic mass is 32.2. The molecule has 0 spiro atoms. The molecular weight excluding hydrogens is 324 g/mol. The molecule has 24 heavy (non-hydrogen) atoms. The summed E-state index contributed by atoms with van der Waals surface area (Å²) < 4.78 is 23.1. The van der Waals surface area contributed by atoms with E-state index in [-0.39, 0.29) is 5.92 Å². The second-order valence-electron chi connectivity index (χ2n) is 6.63. The molecule has 2 aliphatic rings. The zero-order valence-corrected chi connectivity index (χ0v) is 14.9. The van der Waals surface area contributed by atoms with E-state index in [0.717, 1.165) is 31.9 Å². The van der Waals surface area contributed by atoms with Crippen LogP contribution >= 0.6 is 0 Å². The quantitative estimate of drug-likeness (QED) is 0.622. The first-order chi connectivity index (χ1) is 11.6. The van der Waals surface area contributed by atoms with Crippen LogP contribution in [0.15, 0.2) is 35.3 Å². The maximum absolute atomic E-state index is 11.5. The zero-order chi connectivity index (χ0) is 17.0. The molecule has 7 heteroatoms. The standard InChI is InChI=1S/C17H26N4O2S/c1-18-17(19-11-14-8-10-24(22,23)13-14)20-15-7-9-21(12-15)16-5-3-2-4-6-16/h2-6,14-15H,7-13H2,1H3,(H2,18,19,20). The number of hydrogen-bond donors (Lipinski definition) is 2. The van der Waals surface area contributed by atoms with E-state index in [0.29, 0.717) is 24.1 Å². The highest BCUT2D eigenvalue weighted by Crippen LogP contribution is 2.20. The smallest absolute Gasteiger partial charge is 0.191 e. The Bertz CT molecular complexity index is 675. The summed E-state index contributed by atoms with van der Waals surface area (Å²) in [6.07, 6.45) is 1.81. The number of sulfone groups is 1. The molecule has 2 unspecified atom stereocenters. The molecule has 2 saturated heterocycles. The molecule has 2 aliphatic heterocycles. The Hall–Kier alpha value is -1.76. The van der Waals surface area contributed by atoms with Crippen LogP contribution in [0.1, 0.15) is 12.8 Å². The van der Waals surface area contributed by atoms with Crippen LogP contribution in [0.25, 0.3) is 0 Å².